The van der Waals surface area contributed by atoms with Gasteiger partial charge in [-0.05, 0) is 36.8 Å². The Bertz CT molecular complexity index is 1820. The van der Waals surface area contributed by atoms with Gasteiger partial charge in [-0.15, -0.1) is 0 Å². The standard InChI is InChI=1S/C30H27Cl2FN8O4/c31-21-13-17(1-2-19(21)29(43)39-8-10-40(11-9-39)30(44)22-14-18(42)15-36-22)38-27-28-37-16-23(41(28)7-6-35-27)20-3-4-24(45-12-5-34)26(33)25(20)32/h1-4,6-7,13,16,18,22,36,42H,8-12,14-15H2,(H,35,38)/t18?,22-/m0/s1. The molecular formula is C30H27Cl2FN8O4. The van der Waals surface area contributed by atoms with Crippen molar-refractivity contribution in [2.45, 2.75) is 18.6 Å². The van der Waals surface area contributed by atoms with Gasteiger partial charge in [0.1, 0.15) is 6.07 Å². The lowest BCUT2D eigenvalue weighted by Gasteiger charge is -2.36. The van der Waals surface area contributed by atoms with Gasteiger partial charge in [-0.25, -0.2) is 14.4 Å². The van der Waals surface area contributed by atoms with Gasteiger partial charge in [-0.2, -0.15) is 5.26 Å². The number of amides is 2. The zero-order valence-corrected chi connectivity index (χ0v) is 25.2. The monoisotopic (exact) mass is 652 g/mol. The summed E-state index contributed by atoms with van der Waals surface area (Å²) in [6.07, 6.45) is 4.61. The second-order valence-electron chi connectivity index (χ2n) is 10.6. The van der Waals surface area contributed by atoms with Gasteiger partial charge in [0.05, 0.1) is 39.6 Å². The van der Waals surface area contributed by atoms with E-state index in [2.05, 4.69) is 20.6 Å². The summed E-state index contributed by atoms with van der Waals surface area (Å²) in [5.74, 6) is -0.824. The molecule has 2 aliphatic heterocycles. The van der Waals surface area contributed by atoms with Gasteiger partial charge in [-0.3, -0.25) is 14.0 Å². The number of piperazine rings is 1. The number of carbonyl (C=O) groups is 2. The summed E-state index contributed by atoms with van der Waals surface area (Å²) in [6.45, 7) is 1.62. The van der Waals surface area contributed by atoms with E-state index in [1.165, 1.54) is 12.3 Å². The van der Waals surface area contributed by atoms with Crippen LogP contribution in [0.2, 0.25) is 10.0 Å². The van der Waals surface area contributed by atoms with E-state index in [1.54, 1.807) is 56.9 Å². The molecule has 0 radical (unpaired) electrons. The molecule has 3 N–H and O–H groups in total. The van der Waals surface area contributed by atoms with Gasteiger partial charge in [-0.1, -0.05) is 23.2 Å². The highest BCUT2D eigenvalue weighted by atomic mass is 35.5. The van der Waals surface area contributed by atoms with Crippen molar-refractivity contribution < 1.29 is 23.8 Å². The van der Waals surface area contributed by atoms with Crippen LogP contribution in [-0.4, -0.2) is 92.6 Å². The van der Waals surface area contributed by atoms with Gasteiger partial charge in [0.15, 0.2) is 29.6 Å². The van der Waals surface area contributed by atoms with E-state index in [9.17, 15) is 19.1 Å². The lowest BCUT2D eigenvalue weighted by atomic mass is 10.1. The normalized spacial score (nSPS) is 18.2. The number of nitrogens with one attached hydrogen (secondary N) is 2. The molecule has 2 saturated heterocycles. The summed E-state index contributed by atoms with van der Waals surface area (Å²) in [6, 6.07) is 9.33. The van der Waals surface area contributed by atoms with Crippen molar-refractivity contribution in [2.75, 3.05) is 44.6 Å². The van der Waals surface area contributed by atoms with Crippen LogP contribution in [0.5, 0.6) is 5.75 Å². The number of nitriles is 1. The zero-order chi connectivity index (χ0) is 31.7. The number of aliphatic hydroxyl groups is 1. The topological polar surface area (TPSA) is 148 Å². The molecule has 0 aliphatic carbocycles. The van der Waals surface area contributed by atoms with Crippen molar-refractivity contribution in [3.8, 4) is 23.1 Å². The Morgan fingerprint density at radius 2 is 1.93 bits per heavy atom. The number of carbonyl (C=O) groups excluding carboxylic acids is 2. The number of β-amino-alcohol motifs (C(OH)–C–C–N with tert-alkyl or cyclic N) is 1. The number of nitrogens with zero attached hydrogens (tertiary/aromatic N) is 6. The average Bonchev–Trinajstić information content (AvgIpc) is 3.68. The molecule has 2 aliphatic rings. The Labute approximate surface area is 266 Å². The first-order valence-corrected chi connectivity index (χ1v) is 14.9. The number of hydrogen-bond acceptors (Lipinski definition) is 9. The Kier molecular flexibility index (Phi) is 8.73. The van der Waals surface area contributed by atoms with Crippen molar-refractivity contribution in [1.29, 1.82) is 5.26 Å². The molecule has 2 amide bonds. The number of fused-ring (bicyclic) bond motifs is 1. The second kappa shape index (κ2) is 12.9. The fourth-order valence-electron chi connectivity index (χ4n) is 5.49. The largest absolute Gasteiger partial charge is 0.476 e. The highest BCUT2D eigenvalue weighted by molar-refractivity contribution is 6.34. The van der Waals surface area contributed by atoms with Crippen molar-refractivity contribution in [3.63, 3.8) is 0 Å². The molecule has 0 spiro atoms. The van der Waals surface area contributed by atoms with Crippen LogP contribution in [0.1, 0.15) is 16.8 Å². The molecule has 2 aromatic heterocycles. The molecule has 2 aromatic carbocycles. The maximum atomic E-state index is 14.8. The minimum Gasteiger partial charge on any atom is -0.476 e. The van der Waals surface area contributed by atoms with Crippen LogP contribution in [0.3, 0.4) is 0 Å². The second-order valence-corrected chi connectivity index (χ2v) is 11.4. The lowest BCUT2D eigenvalue weighted by molar-refractivity contribution is -0.134. The number of hydrogen-bond donors (Lipinski definition) is 3. The van der Waals surface area contributed by atoms with Crippen molar-refractivity contribution in [3.05, 3.63) is 70.3 Å². The smallest absolute Gasteiger partial charge is 0.255 e. The number of benzene rings is 2. The molecule has 1 unspecified atom stereocenters. The SMILES string of the molecule is N#CCOc1ccc(-c2cnc3c(Nc4ccc(C(=O)N5CCN(C(=O)[C@@H]6CC(O)CN6)CC5)c(Cl)c4)nccn23)c(Cl)c1F. The molecule has 2 atom stereocenters. The van der Waals surface area contributed by atoms with Crippen molar-refractivity contribution >= 4 is 52.2 Å². The van der Waals surface area contributed by atoms with Crippen LogP contribution in [0.25, 0.3) is 16.9 Å². The summed E-state index contributed by atoms with van der Waals surface area (Å²) in [5, 5.41) is 24.7. The van der Waals surface area contributed by atoms with E-state index in [0.717, 1.165) is 0 Å². The third kappa shape index (κ3) is 6.10. The number of aromatic nitrogens is 3. The van der Waals surface area contributed by atoms with Gasteiger partial charge in [0.2, 0.25) is 5.91 Å². The molecule has 0 saturated carbocycles. The van der Waals surface area contributed by atoms with Crippen LogP contribution in [0, 0.1) is 17.1 Å². The Hall–Kier alpha value is -4.48. The number of rotatable bonds is 7. The average molecular weight is 654 g/mol. The van der Waals surface area contributed by atoms with Crippen molar-refractivity contribution in [1.82, 2.24) is 29.5 Å². The minimum atomic E-state index is -0.784. The van der Waals surface area contributed by atoms with Gasteiger partial charge < -0.3 is 30.3 Å². The zero-order valence-electron chi connectivity index (χ0n) is 23.7. The third-order valence-corrected chi connectivity index (χ3v) is 8.47. The quantitative estimate of drug-likeness (QED) is 0.273. The number of ether oxygens (including phenoxy) is 1. The van der Waals surface area contributed by atoms with Gasteiger partial charge >= 0.3 is 0 Å². The first-order valence-electron chi connectivity index (χ1n) is 14.1. The van der Waals surface area contributed by atoms with Crippen LogP contribution in [-0.2, 0) is 4.79 Å². The van der Waals surface area contributed by atoms with Crippen molar-refractivity contribution in [2.24, 2.45) is 0 Å². The van der Waals surface area contributed by atoms with E-state index in [-0.39, 0.29) is 34.2 Å². The fourth-order valence-corrected chi connectivity index (χ4v) is 6.00. The minimum absolute atomic E-state index is 0.0601. The molecule has 12 nitrogen and oxygen atoms in total. The molecule has 15 heteroatoms. The molecule has 6 rings (SSSR count). The summed E-state index contributed by atoms with van der Waals surface area (Å²) in [5.41, 5.74) is 2.19. The fraction of sp³-hybridized carbons (Fsp3) is 0.300. The maximum Gasteiger partial charge on any atom is 0.255 e. The number of aliphatic hydroxyl groups excluding tert-OH is 1. The van der Waals surface area contributed by atoms with E-state index in [4.69, 9.17) is 33.2 Å². The van der Waals surface area contributed by atoms with Crippen LogP contribution >= 0.6 is 23.2 Å². The predicted octanol–water partition coefficient (Wildman–Crippen LogP) is 3.50. The molecule has 0 bridgehead atoms. The number of imidazole rings is 1. The predicted molar refractivity (Wildman–Crippen MR) is 164 cm³/mol. The number of halogens is 3. The van der Waals surface area contributed by atoms with E-state index in [1.807, 2.05) is 0 Å². The Morgan fingerprint density at radius 3 is 2.64 bits per heavy atom. The Balaban J connectivity index is 1.15. The molecule has 4 heterocycles. The molecular weight excluding hydrogens is 626 g/mol. The highest BCUT2D eigenvalue weighted by Crippen LogP contribution is 2.36. The van der Waals surface area contributed by atoms with Crippen LogP contribution < -0.4 is 15.4 Å². The third-order valence-electron chi connectivity index (χ3n) is 7.79. The molecule has 2 fully saturated rings. The first kappa shape index (κ1) is 30.5. The van der Waals surface area contributed by atoms with E-state index < -0.39 is 18.0 Å². The van der Waals surface area contributed by atoms with E-state index in [0.29, 0.717) is 73.1 Å². The van der Waals surface area contributed by atoms with Gasteiger partial charge in [0.25, 0.3) is 5.91 Å². The van der Waals surface area contributed by atoms with Crippen LogP contribution in [0.4, 0.5) is 15.9 Å². The highest BCUT2D eigenvalue weighted by Gasteiger charge is 2.33. The van der Waals surface area contributed by atoms with Gasteiger partial charge in [0, 0.05) is 56.4 Å². The maximum absolute atomic E-state index is 14.8. The summed E-state index contributed by atoms with van der Waals surface area (Å²) in [4.78, 5) is 38.3. The Morgan fingerprint density at radius 1 is 1.16 bits per heavy atom. The number of anilines is 2. The molecule has 232 valence electrons. The molecule has 4 aromatic rings. The molecule has 45 heavy (non-hydrogen) atoms. The summed E-state index contributed by atoms with van der Waals surface area (Å²) in [7, 11) is 0. The van der Waals surface area contributed by atoms with Crippen LogP contribution in [0.15, 0.2) is 48.9 Å². The lowest BCUT2D eigenvalue weighted by Crippen LogP contribution is -2.54. The summed E-state index contributed by atoms with van der Waals surface area (Å²) < 4.78 is 21.6. The summed E-state index contributed by atoms with van der Waals surface area (Å²) >= 11 is 12.9. The van der Waals surface area contributed by atoms with E-state index >= 15 is 0 Å². The first-order chi connectivity index (χ1) is 21.7.